The van der Waals surface area contributed by atoms with Gasteiger partial charge in [0.05, 0.1) is 6.42 Å². The molecule has 1 heterocycles. The van der Waals surface area contributed by atoms with Gasteiger partial charge < -0.3 is 16.0 Å². The summed E-state index contributed by atoms with van der Waals surface area (Å²) in [5.41, 5.74) is 1.61. The molecular weight excluding hydrogens is 322 g/mol. The number of benzene rings is 1. The summed E-state index contributed by atoms with van der Waals surface area (Å²) in [5.74, 6) is 0.345. The third-order valence-corrected chi connectivity index (χ3v) is 4.49. The Balaban J connectivity index is 1.74. The van der Waals surface area contributed by atoms with E-state index in [0.29, 0.717) is 24.6 Å². The zero-order valence-corrected chi connectivity index (χ0v) is 14.8. The second-order valence-electron chi connectivity index (χ2n) is 5.77. The van der Waals surface area contributed by atoms with Crippen LogP contribution in [0.5, 0.6) is 0 Å². The summed E-state index contributed by atoms with van der Waals surface area (Å²) in [6.07, 6.45) is 1.30. The average Bonchev–Trinajstić information content (AvgIpc) is 3.07. The fourth-order valence-corrected chi connectivity index (χ4v) is 3.14. The molecule has 0 saturated heterocycles. The van der Waals surface area contributed by atoms with Crippen molar-refractivity contribution in [2.24, 2.45) is 5.92 Å². The number of carbonyl (C=O) groups excluding carboxylic acids is 2. The minimum atomic E-state index is -0.216. The molecular formula is C18H23N3O2S. The largest absolute Gasteiger partial charge is 0.359 e. The van der Waals surface area contributed by atoms with Gasteiger partial charge in [0.2, 0.25) is 5.91 Å². The summed E-state index contributed by atoms with van der Waals surface area (Å²) in [7, 11) is 1.61. The van der Waals surface area contributed by atoms with Gasteiger partial charge in [-0.3, -0.25) is 4.79 Å². The van der Waals surface area contributed by atoms with Crippen LogP contribution in [0.3, 0.4) is 0 Å². The molecule has 0 spiro atoms. The van der Waals surface area contributed by atoms with E-state index in [1.54, 1.807) is 30.5 Å². The van der Waals surface area contributed by atoms with E-state index in [9.17, 15) is 9.59 Å². The van der Waals surface area contributed by atoms with E-state index in [-0.39, 0.29) is 11.9 Å². The van der Waals surface area contributed by atoms with Gasteiger partial charge >= 0.3 is 6.03 Å². The highest BCUT2D eigenvalue weighted by molar-refractivity contribution is 7.09. The Bertz CT molecular complexity index is 653. The van der Waals surface area contributed by atoms with Crippen molar-refractivity contribution in [2.45, 2.75) is 19.8 Å². The number of carbonyl (C=O) groups is 2. The van der Waals surface area contributed by atoms with Gasteiger partial charge in [-0.05, 0) is 41.5 Å². The first-order valence-electron chi connectivity index (χ1n) is 7.93. The number of nitrogens with one attached hydrogen (secondary N) is 3. The van der Waals surface area contributed by atoms with Crippen molar-refractivity contribution in [2.75, 3.05) is 18.9 Å². The first-order valence-corrected chi connectivity index (χ1v) is 8.81. The predicted molar refractivity (Wildman–Crippen MR) is 98.4 cm³/mol. The molecule has 0 radical (unpaired) electrons. The molecule has 0 fully saturated rings. The van der Waals surface area contributed by atoms with Gasteiger partial charge in [0, 0.05) is 24.2 Å². The molecule has 0 bridgehead atoms. The molecule has 3 amide bonds. The maximum absolute atomic E-state index is 11.9. The lowest BCUT2D eigenvalue weighted by atomic mass is 10.1. The van der Waals surface area contributed by atoms with E-state index in [0.717, 1.165) is 12.0 Å². The molecule has 0 aliphatic carbocycles. The van der Waals surface area contributed by atoms with E-state index in [1.165, 1.54) is 4.88 Å². The number of rotatable bonds is 7. The van der Waals surface area contributed by atoms with Crippen molar-refractivity contribution in [1.29, 1.82) is 0 Å². The zero-order valence-electron chi connectivity index (χ0n) is 14.0. The van der Waals surface area contributed by atoms with Crippen LogP contribution in [0, 0.1) is 5.92 Å². The Hall–Kier alpha value is -2.34. The van der Waals surface area contributed by atoms with Gasteiger partial charge in [-0.15, -0.1) is 11.3 Å². The van der Waals surface area contributed by atoms with E-state index < -0.39 is 0 Å². The highest BCUT2D eigenvalue weighted by atomic mass is 32.1. The number of likely N-dealkylation sites (N-methyl/N-ethyl adjacent to an activating group) is 1. The van der Waals surface area contributed by atoms with E-state index >= 15 is 0 Å². The monoisotopic (exact) mass is 345 g/mol. The average molecular weight is 345 g/mol. The van der Waals surface area contributed by atoms with Gasteiger partial charge in [0.25, 0.3) is 0 Å². The molecule has 1 aromatic carbocycles. The number of thiophene rings is 1. The summed E-state index contributed by atoms with van der Waals surface area (Å²) >= 11 is 1.74. The maximum atomic E-state index is 11.9. The molecule has 2 aromatic rings. The third kappa shape index (κ3) is 6.04. The Morgan fingerprint density at radius 3 is 2.54 bits per heavy atom. The molecule has 0 saturated carbocycles. The number of hydrogen-bond donors (Lipinski definition) is 3. The van der Waals surface area contributed by atoms with Crippen LogP contribution in [-0.2, 0) is 17.6 Å². The van der Waals surface area contributed by atoms with Crippen LogP contribution in [0.25, 0.3) is 0 Å². The first kappa shape index (κ1) is 18.0. The maximum Gasteiger partial charge on any atom is 0.319 e. The molecule has 0 unspecified atom stereocenters. The van der Waals surface area contributed by atoms with Crippen LogP contribution in [-0.4, -0.2) is 25.5 Å². The summed E-state index contributed by atoms with van der Waals surface area (Å²) in [4.78, 5) is 24.6. The van der Waals surface area contributed by atoms with Crippen LogP contribution in [0.1, 0.15) is 17.4 Å². The quantitative estimate of drug-likeness (QED) is 0.722. The lowest BCUT2D eigenvalue weighted by Gasteiger charge is -2.13. The highest BCUT2D eigenvalue weighted by Gasteiger charge is 2.08. The second-order valence-corrected chi connectivity index (χ2v) is 6.80. The summed E-state index contributed by atoms with van der Waals surface area (Å²) in [6.45, 7) is 2.74. The van der Waals surface area contributed by atoms with Gasteiger partial charge in [0.1, 0.15) is 0 Å². The van der Waals surface area contributed by atoms with E-state index in [2.05, 4.69) is 34.3 Å². The molecule has 24 heavy (non-hydrogen) atoms. The van der Waals surface area contributed by atoms with Crippen molar-refractivity contribution >= 4 is 29.0 Å². The number of amides is 3. The number of urea groups is 1. The third-order valence-electron chi connectivity index (χ3n) is 3.60. The normalized spacial score (nSPS) is 11.6. The smallest absolute Gasteiger partial charge is 0.319 e. The van der Waals surface area contributed by atoms with Crippen molar-refractivity contribution < 1.29 is 9.59 Å². The molecule has 2 rings (SSSR count). The van der Waals surface area contributed by atoms with Crippen LogP contribution in [0.2, 0.25) is 0 Å². The van der Waals surface area contributed by atoms with Gasteiger partial charge in [-0.25, -0.2) is 4.79 Å². The van der Waals surface area contributed by atoms with Crippen molar-refractivity contribution in [3.05, 3.63) is 52.2 Å². The Kier molecular flexibility index (Phi) is 6.81. The van der Waals surface area contributed by atoms with E-state index in [1.807, 2.05) is 18.2 Å². The molecule has 3 N–H and O–H groups in total. The Labute approximate surface area is 146 Å². The van der Waals surface area contributed by atoms with Gasteiger partial charge in [-0.2, -0.15) is 0 Å². The minimum absolute atomic E-state index is 0.0341. The summed E-state index contributed by atoms with van der Waals surface area (Å²) < 4.78 is 0. The second kappa shape index (κ2) is 9.08. The first-order chi connectivity index (χ1) is 11.6. The fourth-order valence-electron chi connectivity index (χ4n) is 2.27. The molecule has 6 heteroatoms. The minimum Gasteiger partial charge on any atom is -0.359 e. The van der Waals surface area contributed by atoms with Gasteiger partial charge in [-0.1, -0.05) is 25.1 Å². The topological polar surface area (TPSA) is 70.2 Å². The standard InChI is InChI=1S/C18H23N3O2S/c1-13(10-16-4-3-9-24-16)12-20-18(23)21-15-7-5-14(6-8-15)11-17(22)19-2/h3-9,13H,10-12H2,1-2H3,(H,19,22)(H2,20,21,23)/t13-/m0/s1. The molecule has 0 aliphatic heterocycles. The van der Waals surface area contributed by atoms with Crippen LogP contribution < -0.4 is 16.0 Å². The van der Waals surface area contributed by atoms with Crippen LogP contribution in [0.4, 0.5) is 10.5 Å². The summed E-state index contributed by atoms with van der Waals surface area (Å²) in [5, 5.41) is 10.3. The van der Waals surface area contributed by atoms with Crippen molar-refractivity contribution in [3.8, 4) is 0 Å². The van der Waals surface area contributed by atoms with Crippen LogP contribution in [0.15, 0.2) is 41.8 Å². The lowest BCUT2D eigenvalue weighted by molar-refractivity contribution is -0.119. The van der Waals surface area contributed by atoms with Crippen molar-refractivity contribution in [1.82, 2.24) is 10.6 Å². The number of anilines is 1. The number of hydrogen-bond acceptors (Lipinski definition) is 3. The fraction of sp³-hybridized carbons (Fsp3) is 0.333. The summed E-state index contributed by atoms with van der Waals surface area (Å²) in [6, 6.07) is 11.2. The highest BCUT2D eigenvalue weighted by Crippen LogP contribution is 2.14. The van der Waals surface area contributed by atoms with Crippen molar-refractivity contribution in [3.63, 3.8) is 0 Å². The lowest BCUT2D eigenvalue weighted by Crippen LogP contribution is -2.32. The molecule has 1 aromatic heterocycles. The molecule has 128 valence electrons. The molecule has 5 nitrogen and oxygen atoms in total. The Morgan fingerprint density at radius 1 is 1.17 bits per heavy atom. The Morgan fingerprint density at radius 2 is 1.92 bits per heavy atom. The molecule has 1 atom stereocenters. The SMILES string of the molecule is CNC(=O)Cc1ccc(NC(=O)NC[C@@H](C)Cc2cccs2)cc1. The van der Waals surface area contributed by atoms with E-state index in [4.69, 9.17) is 0 Å². The van der Waals surface area contributed by atoms with Gasteiger partial charge in [0.15, 0.2) is 0 Å². The predicted octanol–water partition coefficient (Wildman–Crippen LogP) is 3.04. The molecule has 0 aliphatic rings. The van der Waals surface area contributed by atoms with Crippen LogP contribution >= 0.6 is 11.3 Å². The zero-order chi connectivity index (χ0) is 17.4.